The van der Waals surface area contributed by atoms with Gasteiger partial charge in [-0.2, -0.15) is 0 Å². The highest BCUT2D eigenvalue weighted by Crippen LogP contribution is 2.25. The minimum atomic E-state index is -1.00. The lowest BCUT2D eigenvalue weighted by Crippen LogP contribution is -2.04. The van der Waals surface area contributed by atoms with E-state index < -0.39 is 5.97 Å². The molecule has 5 nitrogen and oxygen atoms in total. The first kappa shape index (κ1) is 16.6. The van der Waals surface area contributed by atoms with Crippen LogP contribution in [-0.4, -0.2) is 21.0 Å². The molecule has 0 amide bonds. The standard InChI is InChI=1S/C19H16FN3O2/c1-11-12(2)21-18(13-5-3-7-15(20)9-13)23-17(11)22-16-8-4-6-14(10-16)19(24)25/h3-10H,1-2H3,(H,24,25)(H,21,22,23). The average molecular weight is 337 g/mol. The number of aromatic carboxylic acids is 1. The van der Waals surface area contributed by atoms with Gasteiger partial charge in [0.2, 0.25) is 0 Å². The van der Waals surface area contributed by atoms with E-state index in [9.17, 15) is 9.18 Å². The van der Waals surface area contributed by atoms with E-state index in [-0.39, 0.29) is 11.4 Å². The first-order valence-corrected chi connectivity index (χ1v) is 7.65. The highest BCUT2D eigenvalue weighted by atomic mass is 19.1. The number of anilines is 2. The van der Waals surface area contributed by atoms with Crippen molar-refractivity contribution in [2.75, 3.05) is 5.32 Å². The summed E-state index contributed by atoms with van der Waals surface area (Å²) in [5.41, 5.74) is 2.95. The number of hydrogen-bond donors (Lipinski definition) is 2. The Morgan fingerprint density at radius 3 is 2.56 bits per heavy atom. The smallest absolute Gasteiger partial charge is 0.335 e. The molecule has 0 aliphatic heterocycles. The van der Waals surface area contributed by atoms with E-state index in [1.807, 2.05) is 13.8 Å². The zero-order valence-corrected chi connectivity index (χ0v) is 13.7. The van der Waals surface area contributed by atoms with Crippen LogP contribution in [0.15, 0.2) is 48.5 Å². The van der Waals surface area contributed by atoms with E-state index in [0.717, 1.165) is 11.3 Å². The van der Waals surface area contributed by atoms with Crippen LogP contribution in [0.3, 0.4) is 0 Å². The van der Waals surface area contributed by atoms with E-state index >= 15 is 0 Å². The molecule has 0 aliphatic carbocycles. The van der Waals surface area contributed by atoms with E-state index in [0.29, 0.717) is 22.9 Å². The number of carboxylic acids is 1. The summed E-state index contributed by atoms with van der Waals surface area (Å²) in [6, 6.07) is 12.5. The van der Waals surface area contributed by atoms with Gasteiger partial charge in [0.1, 0.15) is 11.6 Å². The van der Waals surface area contributed by atoms with Crippen LogP contribution in [0.5, 0.6) is 0 Å². The third-order valence-corrected chi connectivity index (χ3v) is 3.84. The van der Waals surface area contributed by atoms with Crippen molar-refractivity contribution in [2.45, 2.75) is 13.8 Å². The van der Waals surface area contributed by atoms with Crippen molar-refractivity contribution in [1.82, 2.24) is 9.97 Å². The molecule has 126 valence electrons. The summed E-state index contributed by atoms with van der Waals surface area (Å²) in [6.45, 7) is 3.72. The first-order chi connectivity index (χ1) is 11.9. The molecular formula is C19H16FN3O2. The second-order valence-electron chi connectivity index (χ2n) is 5.63. The molecule has 0 unspecified atom stereocenters. The Hall–Kier alpha value is -3.28. The van der Waals surface area contributed by atoms with Crippen LogP contribution in [0.2, 0.25) is 0 Å². The van der Waals surface area contributed by atoms with Crippen LogP contribution in [0, 0.1) is 19.7 Å². The Morgan fingerprint density at radius 1 is 1.08 bits per heavy atom. The number of halogens is 1. The summed E-state index contributed by atoms with van der Waals surface area (Å²) in [4.78, 5) is 20.0. The zero-order valence-electron chi connectivity index (χ0n) is 13.7. The molecule has 2 aromatic carbocycles. The first-order valence-electron chi connectivity index (χ1n) is 7.65. The molecule has 0 saturated heterocycles. The molecule has 0 atom stereocenters. The second-order valence-corrected chi connectivity index (χ2v) is 5.63. The fourth-order valence-electron chi connectivity index (χ4n) is 2.37. The summed E-state index contributed by atoms with van der Waals surface area (Å²) >= 11 is 0. The Bertz CT molecular complexity index is 957. The molecule has 1 aromatic heterocycles. The number of nitrogens with one attached hydrogen (secondary N) is 1. The van der Waals surface area contributed by atoms with Gasteiger partial charge in [-0.1, -0.05) is 18.2 Å². The number of aryl methyl sites for hydroxylation is 1. The average Bonchev–Trinajstić information content (AvgIpc) is 2.59. The number of aromatic nitrogens is 2. The lowest BCUT2D eigenvalue weighted by molar-refractivity contribution is 0.0697. The quantitative estimate of drug-likeness (QED) is 0.740. The maximum atomic E-state index is 13.5. The zero-order chi connectivity index (χ0) is 18.0. The monoisotopic (exact) mass is 337 g/mol. The highest BCUT2D eigenvalue weighted by Gasteiger charge is 2.11. The third kappa shape index (κ3) is 3.63. The van der Waals surface area contributed by atoms with Gasteiger partial charge in [-0.3, -0.25) is 0 Å². The van der Waals surface area contributed by atoms with Crippen molar-refractivity contribution in [3.05, 3.63) is 71.2 Å². The fraction of sp³-hybridized carbons (Fsp3) is 0.105. The maximum Gasteiger partial charge on any atom is 0.335 e. The summed E-state index contributed by atoms with van der Waals surface area (Å²) in [7, 11) is 0. The second kappa shape index (κ2) is 6.68. The normalized spacial score (nSPS) is 10.5. The molecule has 0 fully saturated rings. The van der Waals surface area contributed by atoms with Gasteiger partial charge >= 0.3 is 5.97 Å². The van der Waals surface area contributed by atoms with Crippen LogP contribution >= 0.6 is 0 Å². The molecule has 0 radical (unpaired) electrons. The van der Waals surface area contributed by atoms with Crippen LogP contribution in [0.1, 0.15) is 21.6 Å². The molecule has 0 spiro atoms. The van der Waals surface area contributed by atoms with Crippen molar-refractivity contribution in [2.24, 2.45) is 0 Å². The molecule has 1 heterocycles. The molecule has 2 N–H and O–H groups in total. The minimum absolute atomic E-state index is 0.179. The predicted octanol–water partition coefficient (Wildman–Crippen LogP) is 4.34. The number of benzene rings is 2. The van der Waals surface area contributed by atoms with E-state index in [4.69, 9.17) is 5.11 Å². The van der Waals surface area contributed by atoms with Crippen LogP contribution in [0.25, 0.3) is 11.4 Å². The molecule has 0 bridgehead atoms. The minimum Gasteiger partial charge on any atom is -0.478 e. The number of nitrogens with zero attached hydrogens (tertiary/aromatic N) is 2. The maximum absolute atomic E-state index is 13.5. The van der Waals surface area contributed by atoms with Gasteiger partial charge in [-0.25, -0.2) is 19.2 Å². The molecule has 3 rings (SSSR count). The molecule has 25 heavy (non-hydrogen) atoms. The van der Waals surface area contributed by atoms with Crippen LogP contribution in [0.4, 0.5) is 15.9 Å². The summed E-state index contributed by atoms with van der Waals surface area (Å²) in [5, 5.41) is 12.2. The van der Waals surface area contributed by atoms with Gasteiger partial charge in [0.15, 0.2) is 5.82 Å². The van der Waals surface area contributed by atoms with Crippen molar-refractivity contribution < 1.29 is 14.3 Å². The van der Waals surface area contributed by atoms with E-state index in [2.05, 4.69) is 15.3 Å². The van der Waals surface area contributed by atoms with E-state index in [1.54, 1.807) is 24.3 Å². The van der Waals surface area contributed by atoms with Gasteiger partial charge in [-0.05, 0) is 44.2 Å². The topological polar surface area (TPSA) is 75.1 Å². The van der Waals surface area contributed by atoms with Crippen molar-refractivity contribution >= 4 is 17.5 Å². The Labute approximate surface area is 144 Å². The fourth-order valence-corrected chi connectivity index (χ4v) is 2.37. The number of hydrogen-bond acceptors (Lipinski definition) is 4. The molecular weight excluding hydrogens is 321 g/mol. The van der Waals surface area contributed by atoms with Gasteiger partial charge in [0, 0.05) is 22.5 Å². The SMILES string of the molecule is Cc1nc(-c2cccc(F)c2)nc(Nc2cccc(C(=O)O)c2)c1C. The van der Waals surface area contributed by atoms with E-state index in [1.165, 1.54) is 24.3 Å². The predicted molar refractivity (Wildman–Crippen MR) is 93.6 cm³/mol. The van der Waals surface area contributed by atoms with Gasteiger partial charge in [0.05, 0.1) is 5.56 Å². The summed E-state index contributed by atoms with van der Waals surface area (Å²) in [5.74, 6) is -0.406. The van der Waals surface area contributed by atoms with Crippen LogP contribution in [-0.2, 0) is 0 Å². The molecule has 3 aromatic rings. The lowest BCUT2D eigenvalue weighted by atomic mass is 10.1. The highest BCUT2D eigenvalue weighted by molar-refractivity contribution is 5.89. The Balaban J connectivity index is 2.01. The van der Waals surface area contributed by atoms with Crippen molar-refractivity contribution in [3.63, 3.8) is 0 Å². The largest absolute Gasteiger partial charge is 0.478 e. The summed E-state index contributed by atoms with van der Waals surface area (Å²) in [6.07, 6.45) is 0. The molecule has 0 saturated carbocycles. The third-order valence-electron chi connectivity index (χ3n) is 3.84. The number of rotatable bonds is 4. The van der Waals surface area contributed by atoms with Gasteiger partial charge in [-0.15, -0.1) is 0 Å². The molecule has 6 heteroatoms. The number of carbonyl (C=O) groups is 1. The lowest BCUT2D eigenvalue weighted by Gasteiger charge is -2.13. The summed E-state index contributed by atoms with van der Waals surface area (Å²) < 4.78 is 13.5. The van der Waals surface area contributed by atoms with Gasteiger partial charge in [0.25, 0.3) is 0 Å². The van der Waals surface area contributed by atoms with Gasteiger partial charge < -0.3 is 10.4 Å². The Morgan fingerprint density at radius 2 is 1.84 bits per heavy atom. The Kier molecular flexibility index (Phi) is 4.43. The van der Waals surface area contributed by atoms with Crippen LogP contribution < -0.4 is 5.32 Å². The van der Waals surface area contributed by atoms with Crippen molar-refractivity contribution in [3.8, 4) is 11.4 Å². The number of carboxylic acid groups (broad SMARTS) is 1. The molecule has 0 aliphatic rings. The van der Waals surface area contributed by atoms with Crippen molar-refractivity contribution in [1.29, 1.82) is 0 Å².